The lowest BCUT2D eigenvalue weighted by Gasteiger charge is -2.13. The molecule has 0 unspecified atom stereocenters. The molecule has 3 aromatic carbocycles. The van der Waals surface area contributed by atoms with Gasteiger partial charge in [-0.05, 0) is 83.9 Å². The molecular formula is C28H26BrN3O6. The summed E-state index contributed by atoms with van der Waals surface area (Å²) < 4.78 is 22.8. The molecule has 196 valence electrons. The van der Waals surface area contributed by atoms with Crippen LogP contribution in [0.15, 0.2) is 74.7 Å². The third-order valence-electron chi connectivity index (χ3n) is 5.34. The number of benzene rings is 3. The smallest absolute Gasteiger partial charge is 0.307 e. The SMILES string of the molecule is CCOc1ccc2oc(C(=O)N/N=C/c3cc(Br)c(OCC(=O)Nc4ccc(C)cc4)c(OC)c3)cc2c1. The summed E-state index contributed by atoms with van der Waals surface area (Å²) in [6, 6.07) is 17.8. The van der Waals surface area contributed by atoms with Crippen LogP contribution in [0.4, 0.5) is 5.69 Å². The third kappa shape index (κ3) is 6.71. The van der Waals surface area contributed by atoms with Crippen LogP contribution in [-0.4, -0.2) is 38.4 Å². The number of hydrazone groups is 1. The second-order valence-electron chi connectivity index (χ2n) is 8.18. The van der Waals surface area contributed by atoms with E-state index >= 15 is 0 Å². The Kier molecular flexibility index (Phi) is 8.65. The highest BCUT2D eigenvalue weighted by Gasteiger charge is 2.15. The van der Waals surface area contributed by atoms with E-state index < -0.39 is 5.91 Å². The summed E-state index contributed by atoms with van der Waals surface area (Å²) in [6.45, 7) is 4.20. The van der Waals surface area contributed by atoms with Gasteiger partial charge in [0.15, 0.2) is 23.9 Å². The van der Waals surface area contributed by atoms with Crippen LogP contribution in [0.25, 0.3) is 11.0 Å². The number of halogens is 1. The summed E-state index contributed by atoms with van der Waals surface area (Å²) in [4.78, 5) is 24.8. The zero-order valence-corrected chi connectivity index (χ0v) is 22.6. The maximum absolute atomic E-state index is 12.5. The fourth-order valence-corrected chi connectivity index (χ4v) is 4.11. The number of carbonyl (C=O) groups excluding carboxylic acids is 2. The molecule has 0 spiro atoms. The Morgan fingerprint density at radius 1 is 1.05 bits per heavy atom. The molecule has 0 fully saturated rings. The van der Waals surface area contributed by atoms with Gasteiger partial charge in [0, 0.05) is 11.1 Å². The molecule has 0 bridgehead atoms. The number of carbonyl (C=O) groups is 2. The zero-order chi connectivity index (χ0) is 27.1. The van der Waals surface area contributed by atoms with E-state index in [1.807, 2.05) is 44.2 Å². The van der Waals surface area contributed by atoms with Crippen molar-refractivity contribution in [3.8, 4) is 17.2 Å². The second kappa shape index (κ2) is 12.3. The van der Waals surface area contributed by atoms with Gasteiger partial charge in [0.25, 0.3) is 5.91 Å². The Labute approximate surface area is 227 Å². The molecule has 2 amide bonds. The number of nitrogens with one attached hydrogen (secondary N) is 2. The van der Waals surface area contributed by atoms with Gasteiger partial charge < -0.3 is 23.9 Å². The van der Waals surface area contributed by atoms with Crippen LogP contribution in [0.5, 0.6) is 17.2 Å². The predicted molar refractivity (Wildman–Crippen MR) is 148 cm³/mol. The summed E-state index contributed by atoms with van der Waals surface area (Å²) in [5, 5.41) is 7.55. The molecule has 4 rings (SSSR count). The molecule has 10 heteroatoms. The fourth-order valence-electron chi connectivity index (χ4n) is 3.54. The van der Waals surface area contributed by atoms with Crippen LogP contribution in [0.2, 0.25) is 0 Å². The lowest BCUT2D eigenvalue weighted by molar-refractivity contribution is -0.118. The van der Waals surface area contributed by atoms with Gasteiger partial charge >= 0.3 is 5.91 Å². The highest BCUT2D eigenvalue weighted by atomic mass is 79.9. The van der Waals surface area contributed by atoms with E-state index in [1.54, 1.807) is 30.3 Å². The lowest BCUT2D eigenvalue weighted by Crippen LogP contribution is -2.20. The molecule has 38 heavy (non-hydrogen) atoms. The van der Waals surface area contributed by atoms with Crippen LogP contribution in [-0.2, 0) is 4.79 Å². The van der Waals surface area contributed by atoms with E-state index in [0.29, 0.717) is 45.2 Å². The van der Waals surface area contributed by atoms with Crippen LogP contribution in [0.1, 0.15) is 28.6 Å². The summed E-state index contributed by atoms with van der Waals surface area (Å²) in [6.07, 6.45) is 1.45. The van der Waals surface area contributed by atoms with Crippen molar-refractivity contribution >= 4 is 50.6 Å². The van der Waals surface area contributed by atoms with Crippen molar-refractivity contribution in [3.05, 3.63) is 82.0 Å². The lowest BCUT2D eigenvalue weighted by atomic mass is 10.2. The second-order valence-corrected chi connectivity index (χ2v) is 9.03. The number of hydrogen-bond acceptors (Lipinski definition) is 7. The van der Waals surface area contributed by atoms with Crippen LogP contribution >= 0.6 is 15.9 Å². The van der Waals surface area contributed by atoms with Crippen molar-refractivity contribution in [1.82, 2.24) is 5.43 Å². The molecule has 0 aliphatic heterocycles. The van der Waals surface area contributed by atoms with Gasteiger partial charge in [-0.1, -0.05) is 17.7 Å². The molecule has 1 heterocycles. The molecule has 1 aromatic heterocycles. The van der Waals surface area contributed by atoms with Crippen LogP contribution in [0.3, 0.4) is 0 Å². The Bertz CT molecular complexity index is 1480. The van der Waals surface area contributed by atoms with Gasteiger partial charge in [-0.2, -0.15) is 5.10 Å². The minimum absolute atomic E-state index is 0.122. The first-order chi connectivity index (χ1) is 18.4. The summed E-state index contributed by atoms with van der Waals surface area (Å²) in [5.41, 5.74) is 5.42. The van der Waals surface area contributed by atoms with Gasteiger partial charge in [0.1, 0.15) is 11.3 Å². The Hall–Kier alpha value is -4.31. The number of amides is 2. The van der Waals surface area contributed by atoms with E-state index in [2.05, 4.69) is 31.8 Å². The fraction of sp³-hybridized carbons (Fsp3) is 0.179. The van der Waals surface area contributed by atoms with Gasteiger partial charge in [0.05, 0.1) is 24.4 Å². The molecule has 0 atom stereocenters. The molecule has 0 aliphatic carbocycles. The molecular weight excluding hydrogens is 554 g/mol. The molecule has 0 saturated carbocycles. The van der Waals surface area contributed by atoms with Gasteiger partial charge in [-0.25, -0.2) is 5.43 Å². The monoisotopic (exact) mass is 579 g/mol. The van der Waals surface area contributed by atoms with E-state index in [1.165, 1.54) is 13.3 Å². The topological polar surface area (TPSA) is 111 Å². The Balaban J connectivity index is 1.38. The average Bonchev–Trinajstić information content (AvgIpc) is 3.33. The van der Waals surface area contributed by atoms with Crippen molar-refractivity contribution < 1.29 is 28.2 Å². The predicted octanol–water partition coefficient (Wildman–Crippen LogP) is 5.69. The normalized spacial score (nSPS) is 10.9. The van der Waals surface area contributed by atoms with E-state index in [0.717, 1.165) is 10.9 Å². The van der Waals surface area contributed by atoms with Crippen molar-refractivity contribution in [2.75, 3.05) is 25.6 Å². The number of hydrogen-bond donors (Lipinski definition) is 2. The largest absolute Gasteiger partial charge is 0.494 e. The van der Waals surface area contributed by atoms with Gasteiger partial charge in [0.2, 0.25) is 0 Å². The summed E-state index contributed by atoms with van der Waals surface area (Å²) in [5.74, 6) is 0.762. The quantitative estimate of drug-likeness (QED) is 0.184. The number of fused-ring (bicyclic) bond motifs is 1. The molecule has 4 aromatic rings. The number of ether oxygens (including phenoxy) is 3. The number of methoxy groups -OCH3 is 1. The standard InChI is InChI=1S/C28H26BrN3O6/c1-4-36-21-9-10-23-19(13-21)14-25(38-23)28(34)32-30-15-18-11-22(29)27(24(12-18)35-3)37-16-26(33)31-20-7-5-17(2)6-8-20/h5-15H,4,16H2,1-3H3,(H,31,33)(H,32,34)/b30-15+. The Morgan fingerprint density at radius 3 is 2.58 bits per heavy atom. The van der Waals surface area contributed by atoms with Gasteiger partial charge in [-0.15, -0.1) is 0 Å². The van der Waals surface area contributed by atoms with Gasteiger partial charge in [-0.3, -0.25) is 9.59 Å². The van der Waals surface area contributed by atoms with E-state index in [-0.39, 0.29) is 18.3 Å². The summed E-state index contributed by atoms with van der Waals surface area (Å²) in [7, 11) is 1.49. The number of rotatable bonds is 10. The third-order valence-corrected chi connectivity index (χ3v) is 5.93. The van der Waals surface area contributed by atoms with E-state index in [4.69, 9.17) is 18.6 Å². The highest BCUT2D eigenvalue weighted by Crippen LogP contribution is 2.36. The highest BCUT2D eigenvalue weighted by molar-refractivity contribution is 9.10. The molecule has 0 radical (unpaired) electrons. The number of anilines is 1. The molecule has 0 saturated heterocycles. The number of furan rings is 1. The summed E-state index contributed by atoms with van der Waals surface area (Å²) >= 11 is 3.45. The van der Waals surface area contributed by atoms with Crippen LogP contribution in [0, 0.1) is 6.92 Å². The zero-order valence-electron chi connectivity index (χ0n) is 21.0. The van der Waals surface area contributed by atoms with Crippen molar-refractivity contribution in [2.24, 2.45) is 5.10 Å². The average molecular weight is 580 g/mol. The molecule has 9 nitrogen and oxygen atoms in total. The first-order valence-electron chi connectivity index (χ1n) is 11.7. The molecule has 2 N–H and O–H groups in total. The maximum Gasteiger partial charge on any atom is 0.307 e. The minimum Gasteiger partial charge on any atom is -0.494 e. The maximum atomic E-state index is 12.5. The first-order valence-corrected chi connectivity index (χ1v) is 12.5. The van der Waals surface area contributed by atoms with Crippen molar-refractivity contribution in [3.63, 3.8) is 0 Å². The Morgan fingerprint density at radius 2 is 1.84 bits per heavy atom. The van der Waals surface area contributed by atoms with Crippen molar-refractivity contribution in [2.45, 2.75) is 13.8 Å². The minimum atomic E-state index is -0.499. The number of nitrogens with zero attached hydrogens (tertiary/aromatic N) is 1. The van der Waals surface area contributed by atoms with Crippen molar-refractivity contribution in [1.29, 1.82) is 0 Å². The first kappa shape index (κ1) is 26.7. The van der Waals surface area contributed by atoms with Crippen LogP contribution < -0.4 is 25.0 Å². The van der Waals surface area contributed by atoms with E-state index in [9.17, 15) is 9.59 Å². The molecule has 0 aliphatic rings. The number of aryl methyl sites for hydroxylation is 1.